The van der Waals surface area contributed by atoms with Gasteiger partial charge in [0.1, 0.15) is 0 Å². The van der Waals surface area contributed by atoms with Crippen LogP contribution >= 0.6 is 23.4 Å². The van der Waals surface area contributed by atoms with Gasteiger partial charge < -0.3 is 10.2 Å². The third-order valence-corrected chi connectivity index (χ3v) is 5.50. The zero-order valence-electron chi connectivity index (χ0n) is 17.2. The number of nitrogens with zero attached hydrogens (tertiary/aromatic N) is 4. The Bertz CT molecular complexity index is 1080. The van der Waals surface area contributed by atoms with E-state index >= 15 is 0 Å². The highest BCUT2D eigenvalue weighted by Crippen LogP contribution is 2.25. The van der Waals surface area contributed by atoms with E-state index in [9.17, 15) is 9.59 Å². The number of rotatable bonds is 8. The standard InChI is InChI=1S/C22H22ClN5O2S/c1-4-13-28-20(15-5-9-17(23)10-6-15)25-26-22(28)31-14-19(29)24-18-11-7-16(8-12-18)21(30)27(2)3/h4-12H,1,13-14H2,2-3H3,(H,24,29). The molecule has 0 aliphatic heterocycles. The highest BCUT2D eigenvalue weighted by atomic mass is 35.5. The first-order valence-electron chi connectivity index (χ1n) is 9.43. The van der Waals surface area contributed by atoms with Crippen LogP contribution in [0.25, 0.3) is 11.4 Å². The smallest absolute Gasteiger partial charge is 0.253 e. The molecule has 0 saturated carbocycles. The Morgan fingerprint density at radius 3 is 2.42 bits per heavy atom. The lowest BCUT2D eigenvalue weighted by molar-refractivity contribution is -0.113. The van der Waals surface area contributed by atoms with Crippen LogP contribution in [-0.2, 0) is 11.3 Å². The summed E-state index contributed by atoms with van der Waals surface area (Å²) in [5.74, 6) is 0.568. The van der Waals surface area contributed by atoms with Gasteiger partial charge >= 0.3 is 0 Å². The summed E-state index contributed by atoms with van der Waals surface area (Å²) in [7, 11) is 3.39. The molecule has 9 heteroatoms. The summed E-state index contributed by atoms with van der Waals surface area (Å²) >= 11 is 7.26. The van der Waals surface area contributed by atoms with Gasteiger partial charge in [0.25, 0.3) is 5.91 Å². The minimum Gasteiger partial charge on any atom is -0.345 e. The van der Waals surface area contributed by atoms with Crippen molar-refractivity contribution >= 4 is 40.9 Å². The number of hydrogen-bond donors (Lipinski definition) is 1. The van der Waals surface area contributed by atoms with Crippen molar-refractivity contribution in [2.75, 3.05) is 25.2 Å². The van der Waals surface area contributed by atoms with Crippen LogP contribution in [0.5, 0.6) is 0 Å². The first kappa shape index (κ1) is 22.6. The van der Waals surface area contributed by atoms with Crippen molar-refractivity contribution in [3.8, 4) is 11.4 Å². The lowest BCUT2D eigenvalue weighted by Gasteiger charge is -2.11. The lowest BCUT2D eigenvalue weighted by Crippen LogP contribution is -2.21. The maximum absolute atomic E-state index is 12.4. The van der Waals surface area contributed by atoms with Crippen molar-refractivity contribution in [2.24, 2.45) is 0 Å². The van der Waals surface area contributed by atoms with Gasteiger partial charge in [0.05, 0.1) is 5.75 Å². The van der Waals surface area contributed by atoms with Crippen LogP contribution in [0, 0.1) is 0 Å². The zero-order valence-corrected chi connectivity index (χ0v) is 18.8. The Balaban J connectivity index is 1.65. The molecule has 160 valence electrons. The van der Waals surface area contributed by atoms with Gasteiger partial charge in [-0.1, -0.05) is 29.4 Å². The van der Waals surface area contributed by atoms with Crippen molar-refractivity contribution in [1.82, 2.24) is 19.7 Å². The molecule has 0 spiro atoms. The number of aromatic nitrogens is 3. The fourth-order valence-corrected chi connectivity index (χ4v) is 3.66. The van der Waals surface area contributed by atoms with E-state index in [1.165, 1.54) is 16.7 Å². The van der Waals surface area contributed by atoms with E-state index in [4.69, 9.17) is 11.6 Å². The molecular weight excluding hydrogens is 434 g/mol. The molecule has 2 amide bonds. The van der Waals surface area contributed by atoms with E-state index < -0.39 is 0 Å². The van der Waals surface area contributed by atoms with Gasteiger partial charge in [-0.3, -0.25) is 14.2 Å². The molecule has 1 heterocycles. The Hall–Kier alpha value is -3.10. The summed E-state index contributed by atoms with van der Waals surface area (Å²) in [5, 5.41) is 12.6. The fourth-order valence-electron chi connectivity index (χ4n) is 2.78. The Morgan fingerprint density at radius 1 is 1.13 bits per heavy atom. The molecule has 2 aromatic carbocycles. The molecule has 0 aliphatic rings. The molecule has 7 nitrogen and oxygen atoms in total. The van der Waals surface area contributed by atoms with E-state index in [1.54, 1.807) is 56.6 Å². The number of nitrogens with one attached hydrogen (secondary N) is 1. The predicted octanol–water partition coefficient (Wildman–Crippen LogP) is 4.22. The normalized spacial score (nSPS) is 10.5. The number of amides is 2. The maximum atomic E-state index is 12.4. The largest absolute Gasteiger partial charge is 0.345 e. The number of allylic oxidation sites excluding steroid dienone is 1. The molecule has 0 bridgehead atoms. The average Bonchev–Trinajstić information content (AvgIpc) is 3.15. The SMILES string of the molecule is C=CCn1c(SCC(=O)Nc2ccc(C(=O)N(C)C)cc2)nnc1-c1ccc(Cl)cc1. The van der Waals surface area contributed by atoms with Gasteiger partial charge in [0.15, 0.2) is 11.0 Å². The molecule has 31 heavy (non-hydrogen) atoms. The molecule has 0 atom stereocenters. The summed E-state index contributed by atoms with van der Waals surface area (Å²) in [4.78, 5) is 25.8. The van der Waals surface area contributed by atoms with Crippen molar-refractivity contribution in [1.29, 1.82) is 0 Å². The average molecular weight is 456 g/mol. The number of carbonyl (C=O) groups is 2. The summed E-state index contributed by atoms with van der Waals surface area (Å²) in [6, 6.07) is 14.1. The third-order valence-electron chi connectivity index (χ3n) is 4.29. The van der Waals surface area contributed by atoms with Crippen LogP contribution in [0.3, 0.4) is 0 Å². The van der Waals surface area contributed by atoms with Gasteiger partial charge in [-0.2, -0.15) is 0 Å². The number of benzene rings is 2. The van der Waals surface area contributed by atoms with Crippen LogP contribution < -0.4 is 5.32 Å². The van der Waals surface area contributed by atoms with Crippen molar-refractivity contribution < 1.29 is 9.59 Å². The quantitative estimate of drug-likeness (QED) is 0.406. The van der Waals surface area contributed by atoms with Gasteiger partial charge in [-0.15, -0.1) is 16.8 Å². The number of hydrogen-bond acceptors (Lipinski definition) is 5. The minimum absolute atomic E-state index is 0.0912. The number of carbonyl (C=O) groups excluding carboxylic acids is 2. The summed E-state index contributed by atoms with van der Waals surface area (Å²) in [6.07, 6.45) is 1.75. The molecular formula is C22H22ClN5O2S. The van der Waals surface area contributed by atoms with E-state index in [2.05, 4.69) is 22.1 Å². The monoisotopic (exact) mass is 455 g/mol. The zero-order chi connectivity index (χ0) is 22.4. The van der Waals surface area contributed by atoms with Gasteiger partial charge in [0.2, 0.25) is 5.91 Å². The van der Waals surface area contributed by atoms with Crippen LogP contribution in [-0.4, -0.2) is 51.3 Å². The Labute approximate surface area is 190 Å². The first-order chi connectivity index (χ1) is 14.9. The molecule has 1 N–H and O–H groups in total. The molecule has 0 radical (unpaired) electrons. The first-order valence-corrected chi connectivity index (χ1v) is 10.8. The number of halogens is 1. The number of thioether (sulfide) groups is 1. The highest BCUT2D eigenvalue weighted by molar-refractivity contribution is 7.99. The van der Waals surface area contributed by atoms with E-state index in [0.29, 0.717) is 33.8 Å². The third kappa shape index (κ3) is 5.74. The second kappa shape index (κ2) is 10.3. The molecule has 3 aromatic rings. The molecule has 0 saturated heterocycles. The fraction of sp³-hybridized carbons (Fsp3) is 0.182. The second-order valence-corrected chi connectivity index (χ2v) is 8.21. The Kier molecular flexibility index (Phi) is 7.49. The van der Waals surface area contributed by atoms with Gasteiger partial charge in [0, 0.05) is 42.5 Å². The van der Waals surface area contributed by atoms with Crippen LogP contribution in [0.15, 0.2) is 66.3 Å². The van der Waals surface area contributed by atoms with E-state index in [1.807, 2.05) is 16.7 Å². The summed E-state index contributed by atoms with van der Waals surface area (Å²) < 4.78 is 1.90. The van der Waals surface area contributed by atoms with Crippen molar-refractivity contribution in [3.63, 3.8) is 0 Å². The van der Waals surface area contributed by atoms with Crippen LogP contribution in [0.1, 0.15) is 10.4 Å². The summed E-state index contributed by atoms with van der Waals surface area (Å²) in [6.45, 7) is 4.30. The topological polar surface area (TPSA) is 80.1 Å². The number of anilines is 1. The van der Waals surface area contributed by atoms with E-state index in [0.717, 1.165) is 5.56 Å². The summed E-state index contributed by atoms with van der Waals surface area (Å²) in [5.41, 5.74) is 2.06. The highest BCUT2D eigenvalue weighted by Gasteiger charge is 2.15. The Morgan fingerprint density at radius 2 is 1.81 bits per heavy atom. The van der Waals surface area contributed by atoms with Crippen molar-refractivity contribution in [2.45, 2.75) is 11.7 Å². The van der Waals surface area contributed by atoms with Crippen LogP contribution in [0.2, 0.25) is 5.02 Å². The molecule has 1 aromatic heterocycles. The maximum Gasteiger partial charge on any atom is 0.253 e. The lowest BCUT2D eigenvalue weighted by atomic mass is 10.2. The molecule has 0 aliphatic carbocycles. The predicted molar refractivity (Wildman–Crippen MR) is 124 cm³/mol. The van der Waals surface area contributed by atoms with E-state index in [-0.39, 0.29) is 17.6 Å². The second-order valence-electron chi connectivity index (χ2n) is 6.83. The molecule has 3 rings (SSSR count). The molecule has 0 fully saturated rings. The minimum atomic E-state index is -0.183. The van der Waals surface area contributed by atoms with Gasteiger partial charge in [-0.05, 0) is 48.5 Å². The van der Waals surface area contributed by atoms with Gasteiger partial charge in [-0.25, -0.2) is 0 Å². The van der Waals surface area contributed by atoms with Crippen molar-refractivity contribution in [3.05, 3.63) is 71.8 Å². The molecule has 0 unspecified atom stereocenters. The van der Waals surface area contributed by atoms with Crippen LogP contribution in [0.4, 0.5) is 5.69 Å².